The van der Waals surface area contributed by atoms with Gasteiger partial charge in [-0.2, -0.15) is 0 Å². The summed E-state index contributed by atoms with van der Waals surface area (Å²) in [7, 11) is 0. The van der Waals surface area contributed by atoms with Crippen molar-refractivity contribution >= 4 is 10.8 Å². The van der Waals surface area contributed by atoms with Crippen molar-refractivity contribution in [1.82, 2.24) is 0 Å². The van der Waals surface area contributed by atoms with Crippen molar-refractivity contribution in [3.05, 3.63) is 60.7 Å². The average Bonchev–Trinajstić information content (AvgIpc) is 2.63. The van der Waals surface area contributed by atoms with Gasteiger partial charge < -0.3 is 0 Å². The summed E-state index contributed by atoms with van der Waals surface area (Å²) < 4.78 is 0. The monoisotopic (exact) mass is 322 g/mol. The lowest BCUT2D eigenvalue weighted by atomic mass is 9.99. The molecule has 0 heteroatoms. The van der Waals surface area contributed by atoms with Crippen LogP contribution >= 0.6 is 0 Å². The van der Waals surface area contributed by atoms with Crippen molar-refractivity contribution in [2.24, 2.45) is 0 Å². The van der Waals surface area contributed by atoms with Crippen LogP contribution in [0.25, 0.3) is 10.8 Å². The molecule has 0 saturated carbocycles. The molecule has 0 aliphatic heterocycles. The van der Waals surface area contributed by atoms with Crippen molar-refractivity contribution in [3.8, 4) is 0 Å². The van der Waals surface area contributed by atoms with Gasteiger partial charge in [-0.1, -0.05) is 99.9 Å². The van der Waals surface area contributed by atoms with Crippen LogP contribution in [0.15, 0.2) is 55.1 Å². The Labute approximate surface area is 149 Å². The molecule has 0 heterocycles. The highest BCUT2D eigenvalue weighted by Gasteiger charge is 2.00. The molecule has 2 aromatic carbocycles. The molecule has 0 bridgehead atoms. The fourth-order valence-corrected chi connectivity index (χ4v) is 3.53. The number of allylic oxidation sites excluding steroid dienone is 1. The fraction of sp³-hybridized carbons (Fsp3) is 0.500. The number of unbranched alkanes of at least 4 members (excludes halogenated alkanes) is 10. The van der Waals surface area contributed by atoms with Gasteiger partial charge in [-0.05, 0) is 42.0 Å². The Morgan fingerprint density at radius 3 is 1.92 bits per heavy atom. The Hall–Kier alpha value is -1.56. The maximum Gasteiger partial charge on any atom is -0.0152 e. The van der Waals surface area contributed by atoms with Crippen LogP contribution in [0.3, 0.4) is 0 Å². The molecule has 0 spiro atoms. The molecule has 0 atom stereocenters. The quantitative estimate of drug-likeness (QED) is 0.260. The number of aryl methyl sites for hydroxylation is 1. The summed E-state index contributed by atoms with van der Waals surface area (Å²) in [6, 6.07) is 15.5. The first kappa shape index (κ1) is 18.8. The molecule has 130 valence electrons. The third-order valence-corrected chi connectivity index (χ3v) is 4.98. The minimum absolute atomic E-state index is 1.19. The molecule has 2 aromatic rings. The molecule has 0 radical (unpaired) electrons. The van der Waals surface area contributed by atoms with E-state index < -0.39 is 0 Å². The van der Waals surface area contributed by atoms with E-state index in [0.29, 0.717) is 0 Å². The molecule has 0 fully saturated rings. The predicted octanol–water partition coefficient (Wildman–Crippen LogP) is 7.86. The molecule has 0 aromatic heterocycles. The third kappa shape index (κ3) is 6.91. The van der Waals surface area contributed by atoms with E-state index in [4.69, 9.17) is 0 Å². The maximum atomic E-state index is 3.78. The Morgan fingerprint density at radius 1 is 0.625 bits per heavy atom. The van der Waals surface area contributed by atoms with Gasteiger partial charge >= 0.3 is 0 Å². The summed E-state index contributed by atoms with van der Waals surface area (Å²) in [5, 5.41) is 2.82. The van der Waals surface area contributed by atoms with Gasteiger partial charge in [0.2, 0.25) is 0 Å². The van der Waals surface area contributed by atoms with E-state index in [9.17, 15) is 0 Å². The minimum Gasteiger partial charge on any atom is -0.103 e. The molecule has 0 amide bonds. The van der Waals surface area contributed by atoms with Gasteiger partial charge in [-0.15, -0.1) is 6.58 Å². The molecular formula is C24H34. The molecule has 0 aliphatic rings. The lowest BCUT2D eigenvalue weighted by Gasteiger charge is -2.06. The summed E-state index contributed by atoms with van der Waals surface area (Å²) in [6.07, 6.45) is 18.4. The van der Waals surface area contributed by atoms with Crippen LogP contribution in [-0.4, -0.2) is 0 Å². The number of hydrogen-bond acceptors (Lipinski definition) is 0. The summed E-state index contributed by atoms with van der Waals surface area (Å²) in [4.78, 5) is 0. The van der Waals surface area contributed by atoms with E-state index in [-0.39, 0.29) is 0 Å². The second kappa shape index (κ2) is 11.9. The predicted molar refractivity (Wildman–Crippen MR) is 109 cm³/mol. The molecule has 0 nitrogen and oxygen atoms in total. The summed E-state index contributed by atoms with van der Waals surface area (Å²) in [5.41, 5.74) is 1.52. The van der Waals surface area contributed by atoms with Crippen LogP contribution < -0.4 is 0 Å². The summed E-state index contributed by atoms with van der Waals surface area (Å²) in [5.74, 6) is 0. The van der Waals surface area contributed by atoms with Gasteiger partial charge in [0.05, 0.1) is 0 Å². The van der Waals surface area contributed by atoms with Gasteiger partial charge in [0, 0.05) is 0 Å². The van der Waals surface area contributed by atoms with Crippen LogP contribution in [0.4, 0.5) is 0 Å². The second-order valence-corrected chi connectivity index (χ2v) is 7.00. The lowest BCUT2D eigenvalue weighted by Crippen LogP contribution is -1.88. The number of rotatable bonds is 13. The SMILES string of the molecule is C=CCCCCCCCCCCCCc1cccc2ccccc12. The highest BCUT2D eigenvalue weighted by molar-refractivity contribution is 5.85. The van der Waals surface area contributed by atoms with Crippen molar-refractivity contribution in [3.63, 3.8) is 0 Å². The van der Waals surface area contributed by atoms with Crippen LogP contribution in [0.1, 0.15) is 76.2 Å². The van der Waals surface area contributed by atoms with Gasteiger partial charge in [-0.3, -0.25) is 0 Å². The largest absolute Gasteiger partial charge is 0.103 e. The first-order valence-corrected chi connectivity index (χ1v) is 9.99. The second-order valence-electron chi connectivity index (χ2n) is 7.00. The molecule has 0 unspecified atom stereocenters. The Balaban J connectivity index is 1.50. The molecular weight excluding hydrogens is 288 g/mol. The van der Waals surface area contributed by atoms with Gasteiger partial charge in [0.25, 0.3) is 0 Å². The van der Waals surface area contributed by atoms with E-state index in [0.717, 1.165) is 0 Å². The first-order chi connectivity index (χ1) is 11.9. The molecule has 0 saturated heterocycles. The van der Waals surface area contributed by atoms with E-state index in [1.807, 2.05) is 6.08 Å². The fourth-order valence-electron chi connectivity index (χ4n) is 3.53. The first-order valence-electron chi connectivity index (χ1n) is 9.99. The van der Waals surface area contributed by atoms with E-state index in [2.05, 4.69) is 49.0 Å². The van der Waals surface area contributed by atoms with Crippen LogP contribution in [0.2, 0.25) is 0 Å². The van der Waals surface area contributed by atoms with E-state index in [1.54, 1.807) is 0 Å². The van der Waals surface area contributed by atoms with Gasteiger partial charge in [-0.25, -0.2) is 0 Å². The summed E-state index contributed by atoms with van der Waals surface area (Å²) in [6.45, 7) is 3.78. The molecule has 2 rings (SSSR count). The van der Waals surface area contributed by atoms with Gasteiger partial charge in [0.1, 0.15) is 0 Å². The standard InChI is InChI=1S/C24H34/c1-2-3-4-5-6-7-8-9-10-11-12-13-17-22-19-16-20-23-18-14-15-21-24(22)23/h2,14-16,18-21H,1,3-13,17H2. The lowest BCUT2D eigenvalue weighted by molar-refractivity contribution is 0.552. The van der Waals surface area contributed by atoms with Crippen molar-refractivity contribution in [2.75, 3.05) is 0 Å². The average molecular weight is 323 g/mol. The smallest absolute Gasteiger partial charge is 0.0152 e. The van der Waals surface area contributed by atoms with Crippen LogP contribution in [0, 0.1) is 0 Å². The minimum atomic E-state index is 1.19. The van der Waals surface area contributed by atoms with E-state index >= 15 is 0 Å². The van der Waals surface area contributed by atoms with Crippen molar-refractivity contribution in [2.45, 2.75) is 77.0 Å². The van der Waals surface area contributed by atoms with Gasteiger partial charge in [0.15, 0.2) is 0 Å². The zero-order valence-electron chi connectivity index (χ0n) is 15.3. The number of hydrogen-bond donors (Lipinski definition) is 0. The van der Waals surface area contributed by atoms with Crippen LogP contribution in [0.5, 0.6) is 0 Å². The third-order valence-electron chi connectivity index (χ3n) is 4.98. The Kier molecular flexibility index (Phi) is 9.31. The topological polar surface area (TPSA) is 0 Å². The maximum absolute atomic E-state index is 3.78. The zero-order valence-corrected chi connectivity index (χ0v) is 15.3. The summed E-state index contributed by atoms with van der Waals surface area (Å²) >= 11 is 0. The Bertz CT molecular complexity index is 576. The molecule has 0 N–H and O–H groups in total. The van der Waals surface area contributed by atoms with Crippen molar-refractivity contribution < 1.29 is 0 Å². The Morgan fingerprint density at radius 2 is 1.21 bits per heavy atom. The highest BCUT2D eigenvalue weighted by Crippen LogP contribution is 2.21. The van der Waals surface area contributed by atoms with Crippen molar-refractivity contribution in [1.29, 1.82) is 0 Å². The zero-order chi connectivity index (χ0) is 16.9. The van der Waals surface area contributed by atoms with E-state index in [1.165, 1.54) is 93.4 Å². The number of benzene rings is 2. The van der Waals surface area contributed by atoms with Crippen LogP contribution in [-0.2, 0) is 6.42 Å². The molecule has 24 heavy (non-hydrogen) atoms. The highest BCUT2D eigenvalue weighted by atomic mass is 14.1. The number of fused-ring (bicyclic) bond motifs is 1. The molecule has 0 aliphatic carbocycles. The normalized spacial score (nSPS) is 11.0.